The lowest BCUT2D eigenvalue weighted by molar-refractivity contribution is -0.836. The maximum atomic E-state index is 10.9. The van der Waals surface area contributed by atoms with E-state index < -0.39 is 11.9 Å². The monoisotopic (exact) mass is 265 g/mol. The molecule has 0 aromatic heterocycles. The van der Waals surface area contributed by atoms with Crippen molar-refractivity contribution in [1.29, 1.82) is 0 Å². The zero-order chi connectivity index (χ0) is 14.7. The lowest BCUT2D eigenvalue weighted by atomic mass is 10.2. The highest BCUT2D eigenvalue weighted by molar-refractivity contribution is 5.89. The highest BCUT2D eigenvalue weighted by Crippen LogP contribution is 2.00. The molecular formula is C14H19NO4. The van der Waals surface area contributed by atoms with Crippen LogP contribution in [0.5, 0.6) is 0 Å². The number of carboxylic acid groups (broad SMARTS) is 1. The fourth-order valence-corrected chi connectivity index (χ4v) is 0.913. The van der Waals surface area contributed by atoms with Crippen LogP contribution in [0.1, 0.15) is 5.56 Å². The molecule has 0 unspecified atom stereocenters. The van der Waals surface area contributed by atoms with Gasteiger partial charge in [-0.25, -0.2) is 4.79 Å². The van der Waals surface area contributed by atoms with Crippen molar-refractivity contribution >= 4 is 11.9 Å². The number of quaternary nitrogens is 1. The van der Waals surface area contributed by atoms with Crippen molar-refractivity contribution in [3.63, 3.8) is 0 Å². The number of carboxylic acids is 1. The highest BCUT2D eigenvalue weighted by atomic mass is 16.5. The van der Waals surface area contributed by atoms with Gasteiger partial charge in [-0.2, -0.15) is 0 Å². The molecule has 5 heteroatoms. The van der Waals surface area contributed by atoms with Gasteiger partial charge in [0.1, 0.15) is 6.61 Å². The summed E-state index contributed by atoms with van der Waals surface area (Å²) in [5, 5.41) is 9.97. The normalized spacial score (nSPS) is 9.89. The summed E-state index contributed by atoms with van der Waals surface area (Å²) in [7, 11) is 6.25. The van der Waals surface area contributed by atoms with Crippen LogP contribution in [0.3, 0.4) is 0 Å². The number of aliphatic carboxylic acids is 1. The van der Waals surface area contributed by atoms with Gasteiger partial charge in [-0.1, -0.05) is 30.3 Å². The van der Waals surface area contributed by atoms with Gasteiger partial charge in [-0.3, -0.25) is 0 Å². The largest absolute Gasteiger partial charge is 0.545 e. The molecule has 0 saturated heterocycles. The fourth-order valence-electron chi connectivity index (χ4n) is 0.913. The maximum absolute atomic E-state index is 10.9. The Labute approximate surface area is 113 Å². The Hall–Kier alpha value is -2.14. The quantitative estimate of drug-likeness (QED) is 0.548. The van der Waals surface area contributed by atoms with Crippen LogP contribution in [0.4, 0.5) is 0 Å². The fraction of sp³-hybridized carbons (Fsp3) is 0.286. The molecule has 0 atom stereocenters. The van der Waals surface area contributed by atoms with E-state index >= 15 is 0 Å². The second-order valence-electron chi connectivity index (χ2n) is 4.25. The molecule has 1 rings (SSSR count). The van der Waals surface area contributed by atoms with Crippen molar-refractivity contribution < 1.29 is 24.3 Å². The maximum Gasteiger partial charge on any atom is 0.331 e. The lowest BCUT2D eigenvalue weighted by Crippen LogP contribution is -3.02. The van der Waals surface area contributed by atoms with Crippen molar-refractivity contribution in [3.05, 3.63) is 48.0 Å². The second kappa shape index (κ2) is 9.85. The second-order valence-corrected chi connectivity index (χ2v) is 4.25. The van der Waals surface area contributed by atoms with Crippen LogP contribution >= 0.6 is 0 Å². The summed E-state index contributed by atoms with van der Waals surface area (Å²) >= 11 is 0. The first-order valence-corrected chi connectivity index (χ1v) is 5.78. The summed E-state index contributed by atoms with van der Waals surface area (Å²) in [6.45, 7) is 0.122. The van der Waals surface area contributed by atoms with Crippen LogP contribution in [0.25, 0.3) is 0 Å². The highest BCUT2D eigenvalue weighted by Gasteiger charge is 1.97. The number of benzene rings is 1. The third kappa shape index (κ3) is 12.1. The standard InChI is InChI=1S/C11H10O4.C3H9N/c12-10(13)6-7-11(14)15-8-9-4-2-1-3-5-9;1-4(2)3/h1-7H,8H2,(H,12,13);1-3H3/b7-6-;. The zero-order valence-electron chi connectivity index (χ0n) is 11.4. The first-order valence-electron chi connectivity index (χ1n) is 5.78. The number of esters is 1. The van der Waals surface area contributed by atoms with E-state index in [0.717, 1.165) is 11.6 Å². The Morgan fingerprint density at radius 2 is 1.68 bits per heavy atom. The SMILES string of the molecule is C[NH+](C)C.O=C([O-])/C=C\C(=O)OCc1ccccc1. The van der Waals surface area contributed by atoms with E-state index in [0.29, 0.717) is 6.08 Å². The number of rotatable bonds is 4. The molecule has 0 radical (unpaired) electrons. The van der Waals surface area contributed by atoms with Crippen molar-refractivity contribution in [3.8, 4) is 0 Å². The molecule has 0 bridgehead atoms. The Morgan fingerprint density at radius 1 is 1.16 bits per heavy atom. The lowest BCUT2D eigenvalue weighted by Gasteiger charge is -2.01. The van der Waals surface area contributed by atoms with Crippen LogP contribution in [0.2, 0.25) is 0 Å². The molecule has 19 heavy (non-hydrogen) atoms. The molecule has 0 aliphatic rings. The minimum Gasteiger partial charge on any atom is -0.545 e. The molecule has 5 nitrogen and oxygen atoms in total. The number of nitrogens with one attached hydrogen (secondary N) is 1. The molecule has 0 saturated carbocycles. The third-order valence-corrected chi connectivity index (χ3v) is 1.58. The molecule has 104 valence electrons. The van der Waals surface area contributed by atoms with Gasteiger partial charge in [-0.05, 0) is 11.6 Å². The molecule has 0 fully saturated rings. The summed E-state index contributed by atoms with van der Waals surface area (Å²) in [5.74, 6) is -2.13. The Morgan fingerprint density at radius 3 is 2.16 bits per heavy atom. The van der Waals surface area contributed by atoms with E-state index in [4.69, 9.17) is 4.74 Å². The summed E-state index contributed by atoms with van der Waals surface area (Å²) in [6, 6.07) is 9.09. The molecule has 1 aromatic carbocycles. The van der Waals surface area contributed by atoms with Gasteiger partial charge < -0.3 is 19.5 Å². The summed E-state index contributed by atoms with van der Waals surface area (Å²) < 4.78 is 4.76. The third-order valence-electron chi connectivity index (χ3n) is 1.58. The van der Waals surface area contributed by atoms with Gasteiger partial charge in [0.25, 0.3) is 0 Å². The minimum atomic E-state index is -1.42. The first kappa shape index (κ1) is 16.9. The van der Waals surface area contributed by atoms with Gasteiger partial charge in [0.05, 0.1) is 27.1 Å². The molecule has 0 heterocycles. The topological polar surface area (TPSA) is 70.9 Å². The van der Waals surface area contributed by atoms with Crippen molar-refractivity contribution in [2.24, 2.45) is 0 Å². The number of carbonyl (C=O) groups excluding carboxylic acids is 2. The summed E-state index contributed by atoms with van der Waals surface area (Å²) in [5.41, 5.74) is 0.840. The Balaban J connectivity index is 0.000000711. The van der Waals surface area contributed by atoms with Gasteiger partial charge in [-0.15, -0.1) is 0 Å². The van der Waals surface area contributed by atoms with Crippen LogP contribution in [-0.4, -0.2) is 33.1 Å². The average molecular weight is 265 g/mol. The van der Waals surface area contributed by atoms with Crippen molar-refractivity contribution in [2.75, 3.05) is 21.1 Å². The van der Waals surface area contributed by atoms with Gasteiger partial charge in [0, 0.05) is 6.08 Å². The predicted octanol–water partition coefficient (Wildman–Crippen LogP) is -1.20. The van der Waals surface area contributed by atoms with Crippen molar-refractivity contribution in [2.45, 2.75) is 6.61 Å². The van der Waals surface area contributed by atoms with E-state index in [-0.39, 0.29) is 6.61 Å². The zero-order valence-corrected chi connectivity index (χ0v) is 11.4. The van der Waals surface area contributed by atoms with E-state index in [1.807, 2.05) is 18.2 Å². The molecule has 0 aliphatic heterocycles. The minimum absolute atomic E-state index is 0.122. The summed E-state index contributed by atoms with van der Waals surface area (Å²) in [4.78, 5) is 22.3. The molecular weight excluding hydrogens is 246 g/mol. The number of hydrogen-bond acceptors (Lipinski definition) is 4. The van der Waals surface area contributed by atoms with Crippen LogP contribution in [-0.2, 0) is 20.9 Å². The molecule has 0 spiro atoms. The van der Waals surface area contributed by atoms with Crippen LogP contribution < -0.4 is 10.0 Å². The van der Waals surface area contributed by atoms with E-state index in [1.165, 1.54) is 4.90 Å². The number of ether oxygens (including phenoxy) is 1. The number of carbonyl (C=O) groups is 2. The molecule has 0 aliphatic carbocycles. The van der Waals surface area contributed by atoms with Gasteiger partial charge >= 0.3 is 5.97 Å². The van der Waals surface area contributed by atoms with Gasteiger partial charge in [0.2, 0.25) is 0 Å². The first-order chi connectivity index (χ1) is 8.91. The number of hydrogen-bond donors (Lipinski definition) is 1. The van der Waals surface area contributed by atoms with Crippen LogP contribution in [0, 0.1) is 0 Å². The predicted molar refractivity (Wildman–Crippen MR) is 69.1 cm³/mol. The van der Waals surface area contributed by atoms with Gasteiger partial charge in [0.15, 0.2) is 0 Å². The molecule has 0 amide bonds. The smallest absolute Gasteiger partial charge is 0.331 e. The molecule has 1 N–H and O–H groups in total. The average Bonchev–Trinajstić information content (AvgIpc) is 2.34. The van der Waals surface area contributed by atoms with Crippen LogP contribution in [0.15, 0.2) is 42.5 Å². The van der Waals surface area contributed by atoms with Crippen molar-refractivity contribution in [1.82, 2.24) is 0 Å². The van der Waals surface area contributed by atoms with E-state index in [9.17, 15) is 14.7 Å². The van der Waals surface area contributed by atoms with E-state index in [1.54, 1.807) is 12.1 Å². The Bertz CT molecular complexity index is 410. The Kier molecular flexibility index (Phi) is 8.74. The van der Waals surface area contributed by atoms with E-state index in [2.05, 4.69) is 21.1 Å². The molecule has 1 aromatic rings. The summed E-state index contributed by atoms with van der Waals surface area (Å²) in [6.07, 6.45) is 1.45.